The number of hydrogen-bond donors (Lipinski definition) is 1. The summed E-state index contributed by atoms with van der Waals surface area (Å²) in [6, 6.07) is 3.32. The lowest BCUT2D eigenvalue weighted by molar-refractivity contribution is -0.147. The molecule has 0 unspecified atom stereocenters. The van der Waals surface area contributed by atoms with Crippen LogP contribution in [0.15, 0.2) is 18.2 Å². The Bertz CT molecular complexity index is 626. The molecule has 1 aliphatic heterocycles. The van der Waals surface area contributed by atoms with E-state index < -0.39 is 17.8 Å². The van der Waals surface area contributed by atoms with Crippen LogP contribution < -0.4 is 5.32 Å². The number of nitrogens with one attached hydrogen (secondary N) is 1. The van der Waals surface area contributed by atoms with Crippen LogP contribution in [0.4, 0.5) is 17.6 Å². The average Bonchev–Trinajstić information content (AvgIpc) is 2.78. The summed E-state index contributed by atoms with van der Waals surface area (Å²) in [7, 11) is 0. The van der Waals surface area contributed by atoms with Crippen molar-refractivity contribution in [3.8, 4) is 0 Å². The Hall–Kier alpha value is -1.63. The molecule has 1 fully saturated rings. The number of rotatable bonds is 1. The summed E-state index contributed by atoms with van der Waals surface area (Å²) in [5, 5.41) is 3.12. The molecule has 20 heavy (non-hydrogen) atoms. The van der Waals surface area contributed by atoms with Crippen molar-refractivity contribution in [1.29, 1.82) is 0 Å². The predicted octanol–water partition coefficient (Wildman–Crippen LogP) is 3.12. The van der Waals surface area contributed by atoms with Crippen molar-refractivity contribution >= 4 is 11.0 Å². The third-order valence-electron chi connectivity index (χ3n) is 3.58. The Morgan fingerprint density at radius 2 is 1.90 bits per heavy atom. The Morgan fingerprint density at radius 1 is 1.20 bits per heavy atom. The van der Waals surface area contributed by atoms with Crippen LogP contribution in [0, 0.1) is 5.82 Å². The Kier molecular flexibility index (Phi) is 3.16. The fourth-order valence-corrected chi connectivity index (χ4v) is 2.71. The monoisotopic (exact) mass is 287 g/mol. The first-order valence-corrected chi connectivity index (χ1v) is 6.42. The van der Waals surface area contributed by atoms with Gasteiger partial charge in [0.15, 0.2) is 0 Å². The van der Waals surface area contributed by atoms with Crippen LogP contribution in [-0.2, 0) is 6.18 Å². The lowest BCUT2D eigenvalue weighted by Gasteiger charge is -2.26. The minimum Gasteiger partial charge on any atom is -0.317 e. The first-order valence-electron chi connectivity index (χ1n) is 6.42. The fraction of sp³-hybridized carbons (Fsp3) is 0.462. The fourth-order valence-electron chi connectivity index (χ4n) is 2.71. The molecule has 0 atom stereocenters. The van der Waals surface area contributed by atoms with E-state index in [0.717, 1.165) is 6.07 Å². The molecule has 0 spiro atoms. The summed E-state index contributed by atoms with van der Waals surface area (Å²) in [6.07, 6.45) is -3.34. The van der Waals surface area contributed by atoms with Gasteiger partial charge in [-0.15, -0.1) is 0 Å². The van der Waals surface area contributed by atoms with E-state index >= 15 is 0 Å². The van der Waals surface area contributed by atoms with Crippen LogP contribution in [0.5, 0.6) is 0 Å². The molecule has 1 saturated heterocycles. The van der Waals surface area contributed by atoms with Crippen molar-refractivity contribution in [2.75, 3.05) is 13.1 Å². The zero-order valence-electron chi connectivity index (χ0n) is 10.5. The van der Waals surface area contributed by atoms with Gasteiger partial charge < -0.3 is 9.88 Å². The molecule has 0 bridgehead atoms. The van der Waals surface area contributed by atoms with Gasteiger partial charge in [0.05, 0.1) is 11.0 Å². The zero-order chi connectivity index (χ0) is 14.3. The Balaban J connectivity index is 2.20. The third-order valence-corrected chi connectivity index (χ3v) is 3.58. The molecule has 0 amide bonds. The highest BCUT2D eigenvalue weighted by Crippen LogP contribution is 2.36. The average molecular weight is 287 g/mol. The molecule has 1 aliphatic rings. The molecule has 1 N–H and O–H groups in total. The molecule has 7 heteroatoms. The largest absolute Gasteiger partial charge is 0.449 e. The number of piperidine rings is 1. The maximum absolute atomic E-state index is 13.2. The SMILES string of the molecule is Fc1ccc2c(c1)nc(C(F)(F)F)n2C1CCNCC1. The van der Waals surface area contributed by atoms with Gasteiger partial charge >= 0.3 is 6.18 Å². The molecule has 2 heterocycles. The molecule has 3 rings (SSSR count). The van der Waals surface area contributed by atoms with Crippen molar-refractivity contribution in [2.24, 2.45) is 0 Å². The van der Waals surface area contributed by atoms with Crippen molar-refractivity contribution in [1.82, 2.24) is 14.9 Å². The quantitative estimate of drug-likeness (QED) is 0.817. The zero-order valence-corrected chi connectivity index (χ0v) is 10.5. The van der Waals surface area contributed by atoms with Gasteiger partial charge in [0, 0.05) is 12.1 Å². The highest BCUT2D eigenvalue weighted by Gasteiger charge is 2.39. The summed E-state index contributed by atoms with van der Waals surface area (Å²) >= 11 is 0. The molecular formula is C13H13F4N3. The van der Waals surface area contributed by atoms with Gasteiger partial charge in [0.2, 0.25) is 5.82 Å². The van der Waals surface area contributed by atoms with Crippen LogP contribution in [0.25, 0.3) is 11.0 Å². The number of aromatic nitrogens is 2. The van der Waals surface area contributed by atoms with Gasteiger partial charge in [-0.25, -0.2) is 9.37 Å². The molecular weight excluding hydrogens is 274 g/mol. The maximum atomic E-state index is 13.2. The topological polar surface area (TPSA) is 29.9 Å². The second kappa shape index (κ2) is 4.73. The standard InChI is InChI=1S/C13H13F4N3/c14-8-1-2-11-10(7-8)19-12(13(15,16)17)20(11)9-3-5-18-6-4-9/h1-2,7,9,18H,3-6H2. The Labute approximate surface area is 112 Å². The lowest BCUT2D eigenvalue weighted by Crippen LogP contribution is -2.31. The van der Waals surface area contributed by atoms with Gasteiger partial charge in [-0.3, -0.25) is 0 Å². The summed E-state index contributed by atoms with van der Waals surface area (Å²) in [5.74, 6) is -1.52. The first kappa shape index (κ1) is 13.4. The van der Waals surface area contributed by atoms with Crippen molar-refractivity contribution in [3.63, 3.8) is 0 Å². The lowest BCUT2D eigenvalue weighted by atomic mass is 10.1. The van der Waals surface area contributed by atoms with E-state index in [1.165, 1.54) is 16.7 Å². The molecule has 3 nitrogen and oxygen atoms in total. The molecule has 2 aromatic rings. The summed E-state index contributed by atoms with van der Waals surface area (Å²) in [6.45, 7) is 1.34. The molecule has 1 aromatic carbocycles. The molecule has 108 valence electrons. The first-order chi connectivity index (χ1) is 9.47. The smallest absolute Gasteiger partial charge is 0.317 e. The van der Waals surface area contributed by atoms with Gasteiger partial charge in [0.1, 0.15) is 5.82 Å². The summed E-state index contributed by atoms with van der Waals surface area (Å²) in [4.78, 5) is 3.60. The van der Waals surface area contributed by atoms with Crippen molar-refractivity contribution in [3.05, 3.63) is 29.8 Å². The normalized spacial score (nSPS) is 17.8. The highest BCUT2D eigenvalue weighted by molar-refractivity contribution is 5.76. The van der Waals surface area contributed by atoms with E-state index in [1.807, 2.05) is 0 Å². The van der Waals surface area contributed by atoms with Gasteiger partial charge in [0.25, 0.3) is 0 Å². The van der Waals surface area contributed by atoms with Crippen LogP contribution >= 0.6 is 0 Å². The van der Waals surface area contributed by atoms with E-state index in [9.17, 15) is 17.6 Å². The van der Waals surface area contributed by atoms with Gasteiger partial charge in [-0.2, -0.15) is 13.2 Å². The van der Waals surface area contributed by atoms with E-state index in [-0.39, 0.29) is 11.6 Å². The van der Waals surface area contributed by atoms with Crippen molar-refractivity contribution < 1.29 is 17.6 Å². The highest BCUT2D eigenvalue weighted by atomic mass is 19.4. The summed E-state index contributed by atoms with van der Waals surface area (Å²) in [5.41, 5.74) is 0.390. The minimum atomic E-state index is -4.54. The van der Waals surface area contributed by atoms with Crippen LogP contribution in [0.3, 0.4) is 0 Å². The second-order valence-electron chi connectivity index (χ2n) is 4.92. The Morgan fingerprint density at radius 3 is 2.55 bits per heavy atom. The van der Waals surface area contributed by atoms with E-state index in [1.54, 1.807) is 0 Å². The van der Waals surface area contributed by atoms with Gasteiger partial charge in [-0.05, 0) is 38.1 Å². The van der Waals surface area contributed by atoms with E-state index in [0.29, 0.717) is 31.4 Å². The van der Waals surface area contributed by atoms with Crippen LogP contribution in [0.2, 0.25) is 0 Å². The maximum Gasteiger partial charge on any atom is 0.449 e. The number of hydrogen-bond acceptors (Lipinski definition) is 2. The number of imidazole rings is 1. The summed E-state index contributed by atoms with van der Waals surface area (Å²) < 4.78 is 53.8. The van der Waals surface area contributed by atoms with Gasteiger partial charge in [-0.1, -0.05) is 0 Å². The number of halogens is 4. The number of nitrogens with zero attached hydrogens (tertiary/aromatic N) is 2. The molecule has 0 radical (unpaired) electrons. The predicted molar refractivity (Wildman–Crippen MR) is 65.8 cm³/mol. The number of fused-ring (bicyclic) bond motifs is 1. The third kappa shape index (κ3) is 2.26. The minimum absolute atomic E-state index is 0.0517. The van der Waals surface area contributed by atoms with Crippen LogP contribution in [-0.4, -0.2) is 22.6 Å². The van der Waals surface area contributed by atoms with E-state index in [4.69, 9.17) is 0 Å². The van der Waals surface area contributed by atoms with Crippen molar-refractivity contribution in [2.45, 2.75) is 25.1 Å². The molecule has 0 aliphatic carbocycles. The van der Waals surface area contributed by atoms with Crippen LogP contribution in [0.1, 0.15) is 24.7 Å². The number of alkyl halides is 3. The van der Waals surface area contributed by atoms with E-state index in [2.05, 4.69) is 10.3 Å². The molecule has 1 aromatic heterocycles. The second-order valence-corrected chi connectivity index (χ2v) is 4.92. The molecule has 0 saturated carbocycles. The number of benzene rings is 1.